The monoisotopic (exact) mass is 235 g/mol. The Morgan fingerprint density at radius 3 is 3.06 bits per heavy atom. The van der Waals surface area contributed by atoms with E-state index >= 15 is 0 Å². The maximum Gasteiger partial charge on any atom is 0.386 e. The van der Waals surface area contributed by atoms with E-state index in [1.54, 1.807) is 23.5 Å². The molecule has 16 heavy (non-hydrogen) atoms. The van der Waals surface area contributed by atoms with E-state index in [0.29, 0.717) is 12.2 Å². The lowest BCUT2D eigenvalue weighted by Gasteiger charge is -2.04. The van der Waals surface area contributed by atoms with Gasteiger partial charge < -0.3 is 15.4 Å². The van der Waals surface area contributed by atoms with Crippen LogP contribution in [-0.4, -0.2) is 9.91 Å². The van der Waals surface area contributed by atoms with Gasteiger partial charge in [-0.2, -0.15) is 11.3 Å². The fourth-order valence-electron chi connectivity index (χ4n) is 1.27. The average molecular weight is 235 g/mol. The molecule has 6 heteroatoms. The number of hydrogen-bond donors (Lipinski definition) is 1. The summed E-state index contributed by atoms with van der Waals surface area (Å²) in [5, 5.41) is 17.6. The van der Waals surface area contributed by atoms with Crippen LogP contribution in [-0.2, 0) is 6.54 Å². The van der Waals surface area contributed by atoms with Crippen molar-refractivity contribution in [2.75, 3.05) is 5.32 Å². The zero-order valence-electron chi connectivity index (χ0n) is 8.29. The molecular weight excluding hydrogens is 226 g/mol. The summed E-state index contributed by atoms with van der Waals surface area (Å²) in [4.78, 5) is 13.9. The highest BCUT2D eigenvalue weighted by Crippen LogP contribution is 2.21. The second-order valence-electron chi connectivity index (χ2n) is 3.12. The second-order valence-corrected chi connectivity index (χ2v) is 3.90. The third-order valence-corrected chi connectivity index (χ3v) is 2.75. The van der Waals surface area contributed by atoms with Crippen LogP contribution in [0.4, 0.5) is 11.5 Å². The third-order valence-electron chi connectivity index (χ3n) is 2.02. The molecule has 0 spiro atoms. The van der Waals surface area contributed by atoms with Gasteiger partial charge in [-0.25, -0.2) is 0 Å². The lowest BCUT2D eigenvalue weighted by molar-refractivity contribution is -0.388. The van der Waals surface area contributed by atoms with Crippen LogP contribution in [0.2, 0.25) is 0 Å². The highest BCUT2D eigenvalue weighted by atomic mass is 32.1. The normalized spacial score (nSPS) is 10.0. The van der Waals surface area contributed by atoms with E-state index in [4.69, 9.17) is 0 Å². The number of hydrogen-bond acceptors (Lipinski definition) is 5. The standard InChI is InChI=1S/C10H9N3O2S/c14-13(15)10-9(2-1-4-11-10)12-6-8-3-5-16-7-8/h1-5,7,12H,6H2. The minimum atomic E-state index is -0.490. The molecule has 2 heterocycles. The molecule has 1 N–H and O–H groups in total. The highest BCUT2D eigenvalue weighted by molar-refractivity contribution is 7.07. The fourth-order valence-corrected chi connectivity index (χ4v) is 1.94. The van der Waals surface area contributed by atoms with Crippen LogP contribution in [0.15, 0.2) is 35.2 Å². The number of anilines is 1. The van der Waals surface area contributed by atoms with Crippen LogP contribution < -0.4 is 5.32 Å². The first-order chi connectivity index (χ1) is 7.77. The molecule has 0 aliphatic rings. The van der Waals surface area contributed by atoms with Crippen molar-refractivity contribution < 1.29 is 4.92 Å². The van der Waals surface area contributed by atoms with E-state index in [1.807, 2.05) is 16.8 Å². The Morgan fingerprint density at radius 2 is 2.38 bits per heavy atom. The van der Waals surface area contributed by atoms with Gasteiger partial charge in [-0.05, 0) is 44.4 Å². The summed E-state index contributed by atoms with van der Waals surface area (Å²) in [6, 6.07) is 5.29. The van der Waals surface area contributed by atoms with Gasteiger partial charge in [0.2, 0.25) is 0 Å². The largest absolute Gasteiger partial charge is 0.386 e. The molecule has 0 amide bonds. The van der Waals surface area contributed by atoms with Crippen molar-refractivity contribution in [1.82, 2.24) is 4.98 Å². The van der Waals surface area contributed by atoms with Gasteiger partial charge in [-0.3, -0.25) is 0 Å². The van der Waals surface area contributed by atoms with Crippen molar-refractivity contribution in [3.8, 4) is 0 Å². The van der Waals surface area contributed by atoms with Crippen molar-refractivity contribution >= 4 is 22.8 Å². The van der Waals surface area contributed by atoms with Gasteiger partial charge in [-0.15, -0.1) is 0 Å². The summed E-state index contributed by atoms with van der Waals surface area (Å²) in [5.74, 6) is -0.141. The van der Waals surface area contributed by atoms with Crippen LogP contribution in [0.5, 0.6) is 0 Å². The Bertz CT molecular complexity index is 485. The molecule has 2 aromatic rings. The quantitative estimate of drug-likeness (QED) is 0.653. The predicted molar refractivity (Wildman–Crippen MR) is 62.5 cm³/mol. The van der Waals surface area contributed by atoms with Gasteiger partial charge in [0.1, 0.15) is 11.9 Å². The first-order valence-electron chi connectivity index (χ1n) is 4.62. The molecule has 0 saturated heterocycles. The van der Waals surface area contributed by atoms with Gasteiger partial charge in [0, 0.05) is 6.54 Å². The van der Waals surface area contributed by atoms with E-state index in [9.17, 15) is 10.1 Å². The van der Waals surface area contributed by atoms with E-state index in [1.165, 1.54) is 6.20 Å². The zero-order valence-corrected chi connectivity index (χ0v) is 9.11. The number of nitrogens with zero attached hydrogens (tertiary/aromatic N) is 2. The van der Waals surface area contributed by atoms with Crippen molar-refractivity contribution in [3.05, 3.63) is 50.8 Å². The minimum Gasteiger partial charge on any atom is -0.374 e. The Balaban J connectivity index is 2.12. The molecule has 0 bridgehead atoms. The van der Waals surface area contributed by atoms with Crippen molar-refractivity contribution in [2.45, 2.75) is 6.54 Å². The van der Waals surface area contributed by atoms with Gasteiger partial charge in [0.25, 0.3) is 0 Å². The maximum atomic E-state index is 10.7. The molecule has 2 rings (SSSR count). The summed E-state index contributed by atoms with van der Waals surface area (Å²) in [6.07, 6.45) is 1.41. The molecule has 0 fully saturated rings. The van der Waals surface area contributed by atoms with Gasteiger partial charge in [-0.1, -0.05) is 0 Å². The molecule has 0 saturated carbocycles. The van der Waals surface area contributed by atoms with E-state index in [0.717, 1.165) is 5.56 Å². The molecule has 0 aliphatic heterocycles. The molecule has 0 aliphatic carbocycles. The van der Waals surface area contributed by atoms with Crippen LogP contribution in [0.1, 0.15) is 5.56 Å². The molecular formula is C10H9N3O2S. The Labute approximate surface area is 95.9 Å². The minimum absolute atomic E-state index is 0.141. The van der Waals surface area contributed by atoms with E-state index in [2.05, 4.69) is 10.3 Å². The van der Waals surface area contributed by atoms with Gasteiger partial charge in [0.05, 0.1) is 0 Å². The molecule has 2 aromatic heterocycles. The van der Waals surface area contributed by atoms with Crippen molar-refractivity contribution in [2.24, 2.45) is 0 Å². The SMILES string of the molecule is O=[N+]([O-])c1ncccc1NCc1ccsc1. The number of nitrogens with one attached hydrogen (secondary N) is 1. The predicted octanol–water partition coefficient (Wildman–Crippen LogP) is 2.66. The summed E-state index contributed by atoms with van der Waals surface area (Å²) < 4.78 is 0. The average Bonchev–Trinajstić information content (AvgIpc) is 2.79. The van der Waals surface area contributed by atoms with Crippen LogP contribution in [0, 0.1) is 10.1 Å². The van der Waals surface area contributed by atoms with E-state index in [-0.39, 0.29) is 5.82 Å². The number of thiophene rings is 1. The number of aromatic nitrogens is 1. The lowest BCUT2D eigenvalue weighted by atomic mass is 10.3. The topological polar surface area (TPSA) is 68.1 Å². The van der Waals surface area contributed by atoms with Gasteiger partial charge in [0.15, 0.2) is 0 Å². The smallest absolute Gasteiger partial charge is 0.374 e. The Kier molecular flexibility index (Phi) is 3.11. The van der Waals surface area contributed by atoms with E-state index < -0.39 is 4.92 Å². The summed E-state index contributed by atoms with van der Waals surface area (Å²) in [5.41, 5.74) is 1.54. The molecule has 0 radical (unpaired) electrons. The first-order valence-corrected chi connectivity index (χ1v) is 5.56. The molecule has 82 valence electrons. The van der Waals surface area contributed by atoms with Crippen LogP contribution in [0.3, 0.4) is 0 Å². The maximum absolute atomic E-state index is 10.7. The summed E-state index contributed by atoms with van der Waals surface area (Å²) in [7, 11) is 0. The zero-order chi connectivity index (χ0) is 11.4. The number of rotatable bonds is 4. The summed E-state index contributed by atoms with van der Waals surface area (Å²) in [6.45, 7) is 0.566. The van der Waals surface area contributed by atoms with Gasteiger partial charge >= 0.3 is 5.82 Å². The molecule has 5 nitrogen and oxygen atoms in total. The number of nitro groups is 1. The Morgan fingerprint density at radius 1 is 1.50 bits per heavy atom. The van der Waals surface area contributed by atoms with Crippen molar-refractivity contribution in [3.63, 3.8) is 0 Å². The van der Waals surface area contributed by atoms with Crippen LogP contribution >= 0.6 is 11.3 Å². The highest BCUT2D eigenvalue weighted by Gasteiger charge is 2.13. The van der Waals surface area contributed by atoms with Crippen LogP contribution in [0.25, 0.3) is 0 Å². The fraction of sp³-hybridized carbons (Fsp3) is 0.100. The first kappa shape index (κ1) is 10.6. The summed E-state index contributed by atoms with van der Waals surface area (Å²) >= 11 is 1.60. The Hall–Kier alpha value is -1.95. The second kappa shape index (κ2) is 4.71. The van der Waals surface area contributed by atoms with Crippen molar-refractivity contribution in [1.29, 1.82) is 0 Å². The molecule has 0 unspecified atom stereocenters. The number of pyridine rings is 1. The molecule has 0 aromatic carbocycles. The molecule has 0 atom stereocenters. The third kappa shape index (κ3) is 2.34. The lowest BCUT2D eigenvalue weighted by Crippen LogP contribution is -2.02.